The van der Waals surface area contributed by atoms with Crippen LogP contribution in [0.4, 0.5) is 5.69 Å². The first-order valence-electron chi connectivity index (χ1n) is 10.8. The van der Waals surface area contributed by atoms with Gasteiger partial charge in [-0.05, 0) is 61.4 Å². The lowest BCUT2D eigenvalue weighted by atomic mass is 10.1. The molecule has 0 aliphatic carbocycles. The Morgan fingerprint density at radius 1 is 0.829 bits per heavy atom. The van der Waals surface area contributed by atoms with E-state index in [1.807, 2.05) is 26.0 Å². The lowest BCUT2D eigenvalue weighted by Crippen LogP contribution is -2.30. The third-order valence-corrected chi connectivity index (χ3v) is 5.77. The van der Waals surface area contributed by atoms with Gasteiger partial charge >= 0.3 is 5.97 Å². The van der Waals surface area contributed by atoms with Gasteiger partial charge in [0.05, 0.1) is 42.2 Å². The minimum Gasteiger partial charge on any atom is -0.497 e. The maximum absolute atomic E-state index is 13.1. The fourth-order valence-electron chi connectivity index (χ4n) is 3.87. The summed E-state index contributed by atoms with van der Waals surface area (Å²) < 4.78 is 15.5. The number of fused-ring (bicyclic) bond motifs is 1. The Labute approximate surface area is 202 Å². The highest BCUT2D eigenvalue weighted by Gasteiger charge is 2.38. The zero-order valence-corrected chi connectivity index (χ0v) is 19.7. The molecule has 3 aromatic carbocycles. The standard InChI is InChI=1S/C27H23NO7/c1-15-5-6-16(2)22(11-15)28-25(30)19-9-7-17(12-21(19)26(28)31)27(32)35-14-23(29)20-10-8-18(33-3)13-24(20)34-4/h5-13H,14H2,1-4H3. The van der Waals surface area contributed by atoms with E-state index in [9.17, 15) is 19.2 Å². The number of benzene rings is 3. The highest BCUT2D eigenvalue weighted by atomic mass is 16.5. The molecule has 1 aliphatic rings. The first-order chi connectivity index (χ1) is 16.7. The summed E-state index contributed by atoms with van der Waals surface area (Å²) in [4.78, 5) is 52.4. The fourth-order valence-corrected chi connectivity index (χ4v) is 3.87. The van der Waals surface area contributed by atoms with Crippen LogP contribution >= 0.6 is 0 Å². The van der Waals surface area contributed by atoms with E-state index >= 15 is 0 Å². The summed E-state index contributed by atoms with van der Waals surface area (Å²) in [5.41, 5.74) is 2.78. The molecule has 3 aromatic rings. The van der Waals surface area contributed by atoms with Crippen LogP contribution in [0.5, 0.6) is 11.5 Å². The Hall–Kier alpha value is -4.46. The predicted molar refractivity (Wildman–Crippen MR) is 128 cm³/mol. The Bertz CT molecular complexity index is 1380. The highest BCUT2D eigenvalue weighted by molar-refractivity contribution is 6.35. The normalized spacial score (nSPS) is 12.4. The van der Waals surface area contributed by atoms with Crippen molar-refractivity contribution < 1.29 is 33.4 Å². The number of nitrogens with zero attached hydrogens (tertiary/aromatic N) is 1. The molecule has 0 saturated heterocycles. The second-order valence-electron chi connectivity index (χ2n) is 8.06. The number of hydrogen-bond acceptors (Lipinski definition) is 7. The molecule has 0 spiro atoms. The van der Waals surface area contributed by atoms with Crippen molar-refractivity contribution in [2.75, 3.05) is 25.7 Å². The molecule has 178 valence electrons. The summed E-state index contributed by atoms with van der Waals surface area (Å²) in [6.07, 6.45) is 0. The quantitative estimate of drug-likeness (QED) is 0.289. The van der Waals surface area contributed by atoms with Gasteiger partial charge in [-0.15, -0.1) is 0 Å². The lowest BCUT2D eigenvalue weighted by Gasteiger charge is -2.17. The number of methoxy groups -OCH3 is 2. The van der Waals surface area contributed by atoms with Gasteiger partial charge in [-0.2, -0.15) is 0 Å². The number of amides is 2. The SMILES string of the molecule is COc1ccc(C(=O)COC(=O)c2ccc3c(c2)C(=O)N(c2cc(C)ccc2C)C3=O)c(OC)c1. The van der Waals surface area contributed by atoms with E-state index in [2.05, 4.69) is 0 Å². The fraction of sp³-hybridized carbons (Fsp3) is 0.185. The molecule has 0 fully saturated rings. The summed E-state index contributed by atoms with van der Waals surface area (Å²) >= 11 is 0. The average Bonchev–Trinajstić information content (AvgIpc) is 3.12. The van der Waals surface area contributed by atoms with Gasteiger partial charge in [0, 0.05) is 6.07 Å². The summed E-state index contributed by atoms with van der Waals surface area (Å²) in [6.45, 7) is 3.16. The molecular weight excluding hydrogens is 450 g/mol. The molecule has 0 unspecified atom stereocenters. The number of anilines is 1. The second kappa shape index (κ2) is 9.42. The van der Waals surface area contributed by atoms with Gasteiger partial charge in [0.15, 0.2) is 6.61 Å². The van der Waals surface area contributed by atoms with Crippen LogP contribution in [0, 0.1) is 13.8 Å². The van der Waals surface area contributed by atoms with Gasteiger partial charge in [0.2, 0.25) is 5.78 Å². The van der Waals surface area contributed by atoms with E-state index < -0.39 is 30.2 Å². The molecular formula is C27H23NO7. The minimum absolute atomic E-state index is 0.0576. The van der Waals surface area contributed by atoms with Gasteiger partial charge in [0.1, 0.15) is 11.5 Å². The van der Waals surface area contributed by atoms with Crippen molar-refractivity contribution in [3.63, 3.8) is 0 Å². The summed E-state index contributed by atoms with van der Waals surface area (Å²) in [7, 11) is 2.91. The number of imide groups is 1. The molecule has 0 radical (unpaired) electrons. The van der Waals surface area contributed by atoms with Crippen molar-refractivity contribution >= 4 is 29.3 Å². The zero-order valence-electron chi connectivity index (χ0n) is 19.7. The monoisotopic (exact) mass is 473 g/mol. The molecule has 1 heterocycles. The third-order valence-electron chi connectivity index (χ3n) is 5.77. The Morgan fingerprint density at radius 3 is 2.29 bits per heavy atom. The van der Waals surface area contributed by atoms with Gasteiger partial charge < -0.3 is 14.2 Å². The Kier molecular flexibility index (Phi) is 6.38. The van der Waals surface area contributed by atoms with Crippen molar-refractivity contribution in [1.82, 2.24) is 0 Å². The van der Waals surface area contributed by atoms with Crippen molar-refractivity contribution in [3.8, 4) is 11.5 Å². The topological polar surface area (TPSA) is 99.2 Å². The maximum Gasteiger partial charge on any atom is 0.338 e. The lowest BCUT2D eigenvalue weighted by molar-refractivity contribution is 0.0474. The molecule has 8 nitrogen and oxygen atoms in total. The molecule has 0 saturated carbocycles. The molecule has 0 bridgehead atoms. The number of aryl methyl sites for hydroxylation is 2. The second-order valence-corrected chi connectivity index (χ2v) is 8.06. The summed E-state index contributed by atoms with van der Waals surface area (Å²) in [6, 6.07) is 14.3. The van der Waals surface area contributed by atoms with Crippen LogP contribution in [0.15, 0.2) is 54.6 Å². The largest absolute Gasteiger partial charge is 0.497 e. The van der Waals surface area contributed by atoms with Crippen LogP contribution in [0.2, 0.25) is 0 Å². The zero-order chi connectivity index (χ0) is 25.3. The molecule has 1 aliphatic heterocycles. The van der Waals surface area contributed by atoms with Crippen molar-refractivity contribution in [2.24, 2.45) is 0 Å². The number of Topliss-reactive ketones (excluding diaryl/α,β-unsaturated/α-hetero) is 1. The van der Waals surface area contributed by atoms with Crippen LogP contribution in [-0.4, -0.2) is 44.4 Å². The van der Waals surface area contributed by atoms with Crippen molar-refractivity contribution in [1.29, 1.82) is 0 Å². The molecule has 2 amide bonds. The maximum atomic E-state index is 13.1. The van der Waals surface area contributed by atoms with Gasteiger partial charge in [-0.1, -0.05) is 12.1 Å². The Balaban J connectivity index is 1.52. The van der Waals surface area contributed by atoms with E-state index in [1.54, 1.807) is 18.2 Å². The summed E-state index contributed by atoms with van der Waals surface area (Å²) in [5.74, 6) is -1.43. The molecule has 8 heteroatoms. The minimum atomic E-state index is -0.793. The number of esters is 1. The van der Waals surface area contributed by atoms with Crippen LogP contribution in [-0.2, 0) is 4.74 Å². The number of rotatable bonds is 7. The smallest absolute Gasteiger partial charge is 0.338 e. The number of carbonyl (C=O) groups excluding carboxylic acids is 4. The number of carbonyl (C=O) groups is 4. The van der Waals surface area contributed by atoms with E-state index in [0.29, 0.717) is 17.2 Å². The van der Waals surface area contributed by atoms with Crippen LogP contribution in [0.25, 0.3) is 0 Å². The van der Waals surface area contributed by atoms with Crippen LogP contribution in [0.3, 0.4) is 0 Å². The number of hydrogen-bond donors (Lipinski definition) is 0. The first-order valence-corrected chi connectivity index (χ1v) is 10.8. The molecule has 4 rings (SSSR count). The third kappa shape index (κ3) is 4.38. The van der Waals surface area contributed by atoms with Crippen LogP contribution in [0.1, 0.15) is 52.6 Å². The van der Waals surface area contributed by atoms with E-state index in [-0.39, 0.29) is 22.3 Å². The van der Waals surface area contributed by atoms with E-state index in [4.69, 9.17) is 14.2 Å². The molecule has 35 heavy (non-hydrogen) atoms. The number of ether oxygens (including phenoxy) is 3. The molecule has 0 atom stereocenters. The van der Waals surface area contributed by atoms with Crippen LogP contribution < -0.4 is 14.4 Å². The van der Waals surface area contributed by atoms with Gasteiger partial charge in [-0.3, -0.25) is 14.4 Å². The van der Waals surface area contributed by atoms with E-state index in [0.717, 1.165) is 16.0 Å². The average molecular weight is 473 g/mol. The van der Waals surface area contributed by atoms with E-state index in [1.165, 1.54) is 38.5 Å². The highest BCUT2D eigenvalue weighted by Crippen LogP contribution is 2.32. The molecule has 0 N–H and O–H groups in total. The molecule has 0 aromatic heterocycles. The van der Waals surface area contributed by atoms with Gasteiger partial charge in [0.25, 0.3) is 11.8 Å². The summed E-state index contributed by atoms with van der Waals surface area (Å²) in [5, 5.41) is 0. The van der Waals surface area contributed by atoms with Crippen molar-refractivity contribution in [3.05, 3.63) is 88.0 Å². The predicted octanol–water partition coefficient (Wildman–Crippen LogP) is 4.16. The Morgan fingerprint density at radius 2 is 1.57 bits per heavy atom. The van der Waals surface area contributed by atoms with Crippen molar-refractivity contribution in [2.45, 2.75) is 13.8 Å². The van der Waals surface area contributed by atoms with Gasteiger partial charge in [-0.25, -0.2) is 9.69 Å². The first kappa shape index (κ1) is 23.7. The number of ketones is 1.